The van der Waals surface area contributed by atoms with E-state index >= 15 is 0 Å². The maximum Gasteiger partial charge on any atom is 0.136 e. The molecular weight excluding hydrogens is 522 g/mol. The quantitative estimate of drug-likeness (QED) is 0.203. The molecule has 2 heteroatoms. The number of hydrogen-bond donors (Lipinski definition) is 0. The molecule has 0 N–H and O–H groups in total. The molecule has 43 heavy (non-hydrogen) atoms. The second kappa shape index (κ2) is 8.83. The highest BCUT2D eigenvalue weighted by Gasteiger charge is 2.38. The van der Waals surface area contributed by atoms with E-state index in [2.05, 4.69) is 152 Å². The summed E-state index contributed by atoms with van der Waals surface area (Å²) in [4.78, 5) is 2.39. The predicted molar refractivity (Wildman–Crippen MR) is 181 cm³/mol. The first-order valence-corrected chi connectivity index (χ1v) is 14.9. The first-order valence-electron chi connectivity index (χ1n) is 14.9. The lowest BCUT2D eigenvalue weighted by Gasteiger charge is -2.28. The molecule has 0 amide bonds. The predicted octanol–water partition coefficient (Wildman–Crippen LogP) is 11.7. The summed E-state index contributed by atoms with van der Waals surface area (Å²) in [5, 5.41) is 7.46. The van der Waals surface area contributed by atoms with E-state index in [1.54, 1.807) is 0 Å². The van der Waals surface area contributed by atoms with Crippen LogP contribution >= 0.6 is 0 Å². The molecular formula is C41H29NO. The molecule has 1 aromatic heterocycles. The van der Waals surface area contributed by atoms with Crippen molar-refractivity contribution < 1.29 is 4.42 Å². The van der Waals surface area contributed by atoms with Crippen LogP contribution in [0.4, 0.5) is 17.1 Å². The number of anilines is 3. The van der Waals surface area contributed by atoms with Crippen molar-refractivity contribution in [3.63, 3.8) is 0 Å². The third-order valence-corrected chi connectivity index (χ3v) is 9.42. The third-order valence-electron chi connectivity index (χ3n) is 9.42. The van der Waals surface area contributed by atoms with Crippen molar-refractivity contribution in [2.24, 2.45) is 0 Å². The molecule has 0 aliphatic heterocycles. The van der Waals surface area contributed by atoms with Gasteiger partial charge in [0.05, 0.1) is 0 Å². The van der Waals surface area contributed by atoms with E-state index in [-0.39, 0.29) is 5.41 Å². The first kappa shape index (κ1) is 24.3. The fourth-order valence-electron chi connectivity index (χ4n) is 7.33. The van der Waals surface area contributed by atoms with E-state index in [1.807, 2.05) is 6.07 Å². The molecule has 0 fully saturated rings. The molecule has 0 atom stereocenters. The minimum absolute atomic E-state index is 0.155. The number of nitrogens with zero attached hydrogens (tertiary/aromatic N) is 1. The van der Waals surface area contributed by atoms with Crippen LogP contribution in [-0.2, 0) is 5.41 Å². The second-order valence-corrected chi connectivity index (χ2v) is 12.2. The monoisotopic (exact) mass is 551 g/mol. The first-order chi connectivity index (χ1) is 21.1. The lowest BCUT2D eigenvalue weighted by Crippen LogP contribution is -2.16. The number of para-hydroxylation sites is 2. The SMILES string of the molecule is CC1(C)c2cc(N(c3ccccc3)c3ccc4c(ccc5ccccc54)c3)ccc2-c2c1ccc1oc3ccccc3c21. The topological polar surface area (TPSA) is 16.4 Å². The van der Waals surface area contributed by atoms with Gasteiger partial charge in [0.2, 0.25) is 0 Å². The molecule has 1 aliphatic carbocycles. The maximum atomic E-state index is 6.29. The number of benzene rings is 7. The minimum atomic E-state index is -0.155. The van der Waals surface area contributed by atoms with Gasteiger partial charge in [-0.2, -0.15) is 0 Å². The van der Waals surface area contributed by atoms with Gasteiger partial charge < -0.3 is 9.32 Å². The van der Waals surface area contributed by atoms with Crippen molar-refractivity contribution in [1.82, 2.24) is 0 Å². The smallest absolute Gasteiger partial charge is 0.136 e. The van der Waals surface area contributed by atoms with Gasteiger partial charge in [-0.15, -0.1) is 0 Å². The molecule has 1 heterocycles. The molecule has 0 saturated heterocycles. The fraction of sp³-hybridized carbons (Fsp3) is 0.0732. The van der Waals surface area contributed by atoms with E-state index in [1.165, 1.54) is 54.6 Å². The third kappa shape index (κ3) is 3.47. The summed E-state index contributed by atoms with van der Waals surface area (Å²) < 4.78 is 6.29. The number of rotatable bonds is 3. The van der Waals surface area contributed by atoms with E-state index in [9.17, 15) is 0 Å². The summed E-state index contributed by atoms with van der Waals surface area (Å²) in [5.74, 6) is 0. The molecule has 0 spiro atoms. The summed E-state index contributed by atoms with van der Waals surface area (Å²) in [5.41, 5.74) is 10.4. The van der Waals surface area contributed by atoms with Crippen LogP contribution in [0.5, 0.6) is 0 Å². The summed E-state index contributed by atoms with van der Waals surface area (Å²) in [6.45, 7) is 4.70. The lowest BCUT2D eigenvalue weighted by atomic mass is 9.82. The van der Waals surface area contributed by atoms with Gasteiger partial charge in [-0.1, -0.05) is 105 Å². The van der Waals surface area contributed by atoms with Gasteiger partial charge >= 0.3 is 0 Å². The molecule has 8 aromatic rings. The summed E-state index contributed by atoms with van der Waals surface area (Å²) in [7, 11) is 0. The second-order valence-electron chi connectivity index (χ2n) is 12.2. The van der Waals surface area contributed by atoms with E-state index in [0.717, 1.165) is 28.2 Å². The van der Waals surface area contributed by atoms with Crippen molar-refractivity contribution in [1.29, 1.82) is 0 Å². The van der Waals surface area contributed by atoms with Gasteiger partial charge in [0.15, 0.2) is 0 Å². The fourth-order valence-corrected chi connectivity index (χ4v) is 7.33. The van der Waals surface area contributed by atoms with Crippen LogP contribution in [0.2, 0.25) is 0 Å². The average Bonchev–Trinajstić information content (AvgIpc) is 3.53. The van der Waals surface area contributed by atoms with Crippen LogP contribution in [-0.4, -0.2) is 0 Å². The van der Waals surface area contributed by atoms with E-state index < -0.39 is 0 Å². The van der Waals surface area contributed by atoms with Crippen molar-refractivity contribution in [2.75, 3.05) is 4.90 Å². The van der Waals surface area contributed by atoms with Crippen molar-refractivity contribution in [2.45, 2.75) is 19.3 Å². The molecule has 204 valence electrons. The zero-order chi connectivity index (χ0) is 28.7. The van der Waals surface area contributed by atoms with Crippen LogP contribution < -0.4 is 4.90 Å². The van der Waals surface area contributed by atoms with Gasteiger partial charge in [0.25, 0.3) is 0 Å². The normalized spacial score (nSPS) is 13.5. The van der Waals surface area contributed by atoms with Crippen molar-refractivity contribution >= 4 is 60.5 Å². The van der Waals surface area contributed by atoms with Crippen molar-refractivity contribution in [3.8, 4) is 11.1 Å². The Morgan fingerprint density at radius 1 is 0.488 bits per heavy atom. The van der Waals surface area contributed by atoms with Crippen LogP contribution in [0.1, 0.15) is 25.0 Å². The highest BCUT2D eigenvalue weighted by Crippen LogP contribution is 2.54. The minimum Gasteiger partial charge on any atom is -0.456 e. The highest BCUT2D eigenvalue weighted by atomic mass is 16.3. The average molecular weight is 552 g/mol. The van der Waals surface area contributed by atoms with Gasteiger partial charge in [-0.05, 0) is 92.3 Å². The summed E-state index contributed by atoms with van der Waals surface area (Å²) >= 11 is 0. The van der Waals surface area contributed by atoms with Gasteiger partial charge in [0, 0.05) is 33.2 Å². The van der Waals surface area contributed by atoms with Gasteiger partial charge in [-0.25, -0.2) is 0 Å². The Hall–Kier alpha value is -5.34. The molecule has 2 nitrogen and oxygen atoms in total. The lowest BCUT2D eigenvalue weighted by molar-refractivity contribution is 0.656. The molecule has 0 bridgehead atoms. The van der Waals surface area contributed by atoms with Gasteiger partial charge in [0.1, 0.15) is 11.2 Å². The van der Waals surface area contributed by atoms with Crippen LogP contribution in [0, 0.1) is 0 Å². The van der Waals surface area contributed by atoms with Crippen LogP contribution in [0.15, 0.2) is 144 Å². The molecule has 0 radical (unpaired) electrons. The Bertz CT molecular complexity index is 2380. The zero-order valence-electron chi connectivity index (χ0n) is 24.1. The molecule has 1 aliphatic rings. The molecule has 7 aromatic carbocycles. The molecule has 0 saturated carbocycles. The van der Waals surface area contributed by atoms with Crippen molar-refractivity contribution in [3.05, 3.63) is 151 Å². The zero-order valence-corrected chi connectivity index (χ0v) is 24.1. The number of fused-ring (bicyclic) bond motifs is 10. The largest absolute Gasteiger partial charge is 0.456 e. The molecule has 0 unspecified atom stereocenters. The number of hydrogen-bond acceptors (Lipinski definition) is 2. The standard InChI is InChI=1S/C41H29NO/c1-41(2)35-22-23-38-40(34-14-8-9-15-37(34)43-38)39(35)33-21-19-30(25-36(33)41)42(28-11-4-3-5-12-28)29-18-20-32-27(24-29)17-16-26-10-6-7-13-31(26)32/h3-25H,1-2H3. The van der Waals surface area contributed by atoms with Crippen LogP contribution in [0.25, 0.3) is 54.6 Å². The summed E-state index contributed by atoms with van der Waals surface area (Å²) in [6, 6.07) is 50.5. The Morgan fingerprint density at radius 2 is 1.19 bits per heavy atom. The Labute approximate surface area is 250 Å². The Morgan fingerprint density at radius 3 is 2.07 bits per heavy atom. The van der Waals surface area contributed by atoms with Crippen LogP contribution in [0.3, 0.4) is 0 Å². The van der Waals surface area contributed by atoms with E-state index in [0.29, 0.717) is 0 Å². The summed E-state index contributed by atoms with van der Waals surface area (Å²) in [6.07, 6.45) is 0. The van der Waals surface area contributed by atoms with Gasteiger partial charge in [-0.3, -0.25) is 0 Å². The maximum absolute atomic E-state index is 6.29. The number of furan rings is 1. The highest BCUT2D eigenvalue weighted by molar-refractivity contribution is 6.15. The van der Waals surface area contributed by atoms with E-state index in [4.69, 9.17) is 4.42 Å². The Kier molecular flexibility index (Phi) is 4.99. The Balaban J connectivity index is 1.26. The molecule has 9 rings (SSSR count).